The van der Waals surface area contributed by atoms with Gasteiger partial charge in [0.1, 0.15) is 5.82 Å². The Morgan fingerprint density at radius 1 is 1.29 bits per heavy atom. The zero-order valence-electron chi connectivity index (χ0n) is 13.5. The van der Waals surface area contributed by atoms with Gasteiger partial charge in [-0.1, -0.05) is 50.3 Å². The molecule has 0 spiro atoms. The molecule has 0 aliphatic carbocycles. The highest BCUT2D eigenvalue weighted by Crippen LogP contribution is 2.26. The van der Waals surface area contributed by atoms with Crippen LogP contribution in [-0.2, 0) is 6.54 Å². The van der Waals surface area contributed by atoms with E-state index in [1.165, 1.54) is 16.3 Å². The van der Waals surface area contributed by atoms with E-state index in [0.29, 0.717) is 6.04 Å². The number of fused-ring (bicyclic) bond motifs is 1. The molecule has 0 atom stereocenters. The Balaban J connectivity index is 2.41. The molecular weight excluding hydrogens is 258 g/mol. The first-order valence-corrected chi connectivity index (χ1v) is 7.44. The number of aromatic nitrogens is 1. The Kier molecular flexibility index (Phi) is 4.97. The normalized spacial score (nSPS) is 11.1. The zero-order chi connectivity index (χ0) is 15.4. The van der Waals surface area contributed by atoms with Gasteiger partial charge in [0.05, 0.1) is 0 Å². The number of hydrogen-bond acceptors (Lipinski definition) is 3. The van der Waals surface area contributed by atoms with Gasteiger partial charge in [-0.3, -0.25) is 0 Å². The summed E-state index contributed by atoms with van der Waals surface area (Å²) in [6.45, 7) is 12.0. The van der Waals surface area contributed by atoms with Crippen molar-refractivity contribution in [2.24, 2.45) is 0 Å². The summed E-state index contributed by atoms with van der Waals surface area (Å²) in [5, 5.41) is 5.93. The van der Waals surface area contributed by atoms with Crippen LogP contribution in [0.25, 0.3) is 10.8 Å². The molecular formula is C18H25N3. The standard InChI is InChI=1S/C18H25N3/c1-13(2)12-21(5)18-17-9-7-6-8-16(17)15(11-20-18)10-19-14(3)4/h6-9,11,14,19H,1,10,12H2,2-5H3. The SMILES string of the molecule is C=C(C)CN(C)c1ncc(CNC(C)C)c2ccccc12. The predicted octanol–water partition coefficient (Wildman–Crippen LogP) is 3.75. The summed E-state index contributed by atoms with van der Waals surface area (Å²) in [6.07, 6.45) is 1.99. The van der Waals surface area contributed by atoms with Crippen molar-refractivity contribution in [2.45, 2.75) is 33.4 Å². The van der Waals surface area contributed by atoms with Gasteiger partial charge in [-0.25, -0.2) is 4.98 Å². The molecule has 2 rings (SSSR count). The average molecular weight is 283 g/mol. The fourth-order valence-corrected chi connectivity index (χ4v) is 2.48. The molecule has 0 fully saturated rings. The number of hydrogen-bond donors (Lipinski definition) is 1. The minimum atomic E-state index is 0.467. The van der Waals surface area contributed by atoms with Crippen molar-refractivity contribution in [3.05, 3.63) is 48.2 Å². The first-order chi connectivity index (χ1) is 9.99. The molecule has 3 heteroatoms. The second-order valence-corrected chi connectivity index (χ2v) is 6.00. The number of rotatable bonds is 6. The molecule has 1 N–H and O–H groups in total. The lowest BCUT2D eigenvalue weighted by molar-refractivity contribution is 0.590. The molecule has 0 saturated heterocycles. The van der Waals surface area contributed by atoms with Crippen molar-refractivity contribution in [1.82, 2.24) is 10.3 Å². The van der Waals surface area contributed by atoms with E-state index in [0.717, 1.165) is 24.5 Å². The van der Waals surface area contributed by atoms with Crippen LogP contribution in [0.15, 0.2) is 42.6 Å². The monoisotopic (exact) mass is 283 g/mol. The molecule has 2 aromatic rings. The van der Waals surface area contributed by atoms with E-state index in [-0.39, 0.29) is 0 Å². The van der Waals surface area contributed by atoms with Crippen LogP contribution in [0.4, 0.5) is 5.82 Å². The number of anilines is 1. The van der Waals surface area contributed by atoms with Crippen molar-refractivity contribution in [3.63, 3.8) is 0 Å². The number of nitrogens with one attached hydrogen (secondary N) is 1. The lowest BCUT2D eigenvalue weighted by Gasteiger charge is -2.21. The smallest absolute Gasteiger partial charge is 0.136 e. The Morgan fingerprint density at radius 2 is 1.95 bits per heavy atom. The van der Waals surface area contributed by atoms with Gasteiger partial charge < -0.3 is 10.2 Å². The molecule has 0 bridgehead atoms. The summed E-state index contributed by atoms with van der Waals surface area (Å²) in [5.41, 5.74) is 2.38. The van der Waals surface area contributed by atoms with E-state index in [4.69, 9.17) is 0 Å². The van der Waals surface area contributed by atoms with Gasteiger partial charge in [0.2, 0.25) is 0 Å². The maximum Gasteiger partial charge on any atom is 0.136 e. The second-order valence-electron chi connectivity index (χ2n) is 6.00. The summed E-state index contributed by atoms with van der Waals surface area (Å²) in [5.74, 6) is 1.02. The molecule has 21 heavy (non-hydrogen) atoms. The highest BCUT2D eigenvalue weighted by Gasteiger charge is 2.11. The van der Waals surface area contributed by atoms with Crippen LogP contribution in [0, 0.1) is 0 Å². The molecule has 0 radical (unpaired) electrons. The molecule has 1 aromatic carbocycles. The predicted molar refractivity (Wildman–Crippen MR) is 91.8 cm³/mol. The number of likely N-dealkylation sites (N-methyl/N-ethyl adjacent to an activating group) is 1. The van der Waals surface area contributed by atoms with Gasteiger partial charge in [0.25, 0.3) is 0 Å². The molecule has 0 saturated carbocycles. The molecule has 0 amide bonds. The van der Waals surface area contributed by atoms with Crippen LogP contribution in [0.2, 0.25) is 0 Å². The molecule has 0 unspecified atom stereocenters. The van der Waals surface area contributed by atoms with Crippen molar-refractivity contribution in [2.75, 3.05) is 18.5 Å². The van der Waals surface area contributed by atoms with Crippen LogP contribution < -0.4 is 10.2 Å². The summed E-state index contributed by atoms with van der Waals surface area (Å²) in [4.78, 5) is 6.84. The zero-order valence-corrected chi connectivity index (χ0v) is 13.5. The summed E-state index contributed by atoms with van der Waals surface area (Å²) >= 11 is 0. The minimum Gasteiger partial charge on any atom is -0.355 e. The van der Waals surface area contributed by atoms with Crippen LogP contribution in [0.5, 0.6) is 0 Å². The summed E-state index contributed by atoms with van der Waals surface area (Å²) < 4.78 is 0. The van der Waals surface area contributed by atoms with Crippen LogP contribution in [0.1, 0.15) is 26.3 Å². The van der Waals surface area contributed by atoms with Crippen LogP contribution in [-0.4, -0.2) is 24.6 Å². The van der Waals surface area contributed by atoms with E-state index >= 15 is 0 Å². The minimum absolute atomic E-state index is 0.467. The third-order valence-electron chi connectivity index (χ3n) is 3.43. The molecule has 1 heterocycles. The largest absolute Gasteiger partial charge is 0.355 e. The average Bonchev–Trinajstić information content (AvgIpc) is 2.43. The van der Waals surface area contributed by atoms with Crippen LogP contribution in [0.3, 0.4) is 0 Å². The summed E-state index contributed by atoms with van der Waals surface area (Å²) in [6, 6.07) is 8.94. The quantitative estimate of drug-likeness (QED) is 0.818. The molecule has 0 aliphatic heterocycles. The number of pyridine rings is 1. The van der Waals surface area contributed by atoms with Crippen molar-refractivity contribution >= 4 is 16.6 Å². The van der Waals surface area contributed by atoms with E-state index in [1.807, 2.05) is 13.1 Å². The number of benzene rings is 1. The lowest BCUT2D eigenvalue weighted by Crippen LogP contribution is -2.23. The second kappa shape index (κ2) is 6.72. The lowest BCUT2D eigenvalue weighted by atomic mass is 10.1. The van der Waals surface area contributed by atoms with Gasteiger partial charge in [0, 0.05) is 37.8 Å². The van der Waals surface area contributed by atoms with E-state index in [9.17, 15) is 0 Å². The molecule has 112 valence electrons. The van der Waals surface area contributed by atoms with Crippen molar-refractivity contribution < 1.29 is 0 Å². The third kappa shape index (κ3) is 3.82. The molecule has 3 nitrogen and oxygen atoms in total. The van der Waals surface area contributed by atoms with Gasteiger partial charge >= 0.3 is 0 Å². The Bertz CT molecular complexity index is 631. The highest BCUT2D eigenvalue weighted by molar-refractivity contribution is 5.94. The van der Waals surface area contributed by atoms with Gasteiger partial charge in [-0.15, -0.1) is 0 Å². The first-order valence-electron chi connectivity index (χ1n) is 7.44. The number of nitrogens with zero attached hydrogens (tertiary/aromatic N) is 2. The third-order valence-corrected chi connectivity index (χ3v) is 3.43. The molecule has 0 aliphatic rings. The van der Waals surface area contributed by atoms with Crippen LogP contribution >= 0.6 is 0 Å². The van der Waals surface area contributed by atoms with Gasteiger partial charge in [-0.2, -0.15) is 0 Å². The fourth-order valence-electron chi connectivity index (χ4n) is 2.48. The van der Waals surface area contributed by atoms with Gasteiger partial charge in [-0.05, 0) is 17.9 Å². The van der Waals surface area contributed by atoms with Gasteiger partial charge in [0.15, 0.2) is 0 Å². The highest BCUT2D eigenvalue weighted by atomic mass is 15.2. The Labute approximate surface area is 127 Å². The Hall–Kier alpha value is -1.87. The van der Waals surface area contributed by atoms with E-state index in [1.54, 1.807) is 0 Å². The Morgan fingerprint density at radius 3 is 2.57 bits per heavy atom. The first kappa shape index (κ1) is 15.5. The van der Waals surface area contributed by atoms with E-state index in [2.05, 4.69) is 66.9 Å². The van der Waals surface area contributed by atoms with Crippen molar-refractivity contribution in [1.29, 1.82) is 0 Å². The fraction of sp³-hybridized carbons (Fsp3) is 0.389. The van der Waals surface area contributed by atoms with E-state index < -0.39 is 0 Å². The topological polar surface area (TPSA) is 28.2 Å². The van der Waals surface area contributed by atoms with Crippen molar-refractivity contribution in [3.8, 4) is 0 Å². The molecule has 1 aromatic heterocycles. The maximum atomic E-state index is 4.68. The maximum absolute atomic E-state index is 4.68. The summed E-state index contributed by atoms with van der Waals surface area (Å²) in [7, 11) is 2.06.